The Kier molecular flexibility index (Phi) is 6.28. The summed E-state index contributed by atoms with van der Waals surface area (Å²) in [5, 5.41) is 11.7. The van der Waals surface area contributed by atoms with Crippen LogP contribution in [0.5, 0.6) is 0 Å². The molecule has 0 spiro atoms. The Morgan fingerprint density at radius 3 is 2.77 bits per heavy atom. The van der Waals surface area contributed by atoms with Crippen LogP contribution in [-0.2, 0) is 9.53 Å². The van der Waals surface area contributed by atoms with E-state index in [4.69, 9.17) is 9.84 Å². The fourth-order valence-electron chi connectivity index (χ4n) is 4.03. The van der Waals surface area contributed by atoms with Crippen molar-refractivity contribution in [3.05, 3.63) is 12.2 Å². The van der Waals surface area contributed by atoms with Crippen LogP contribution in [0.25, 0.3) is 0 Å². The molecule has 2 rings (SSSR count). The summed E-state index contributed by atoms with van der Waals surface area (Å²) < 4.78 is 5.02. The maximum Gasteiger partial charge on any atom is 0.407 e. The van der Waals surface area contributed by atoms with E-state index in [1.54, 1.807) is 0 Å². The number of alkyl carbamates (subject to hydrolysis) is 1. The van der Waals surface area contributed by atoms with Gasteiger partial charge in [-0.05, 0) is 63.2 Å². The predicted molar refractivity (Wildman–Crippen MR) is 83.5 cm³/mol. The fraction of sp³-hybridized carbons (Fsp3) is 0.765. The number of carboxylic acid groups (broad SMARTS) is 1. The molecule has 2 saturated carbocycles. The molecular weight excluding hydrogens is 282 g/mol. The number of amides is 1. The summed E-state index contributed by atoms with van der Waals surface area (Å²) >= 11 is 0. The molecule has 0 aromatic carbocycles. The second-order valence-electron chi connectivity index (χ2n) is 6.38. The second-order valence-corrected chi connectivity index (χ2v) is 6.38. The first-order valence-electron chi connectivity index (χ1n) is 8.42. The highest BCUT2D eigenvalue weighted by Crippen LogP contribution is 2.49. The Labute approximate surface area is 132 Å². The number of ether oxygens (including phenoxy) is 1. The summed E-state index contributed by atoms with van der Waals surface area (Å²) in [5.74, 6) is 1.07. The highest BCUT2D eigenvalue weighted by molar-refractivity contribution is 5.67. The maximum atomic E-state index is 11.7. The molecule has 5 heteroatoms. The zero-order valence-corrected chi connectivity index (χ0v) is 13.3. The lowest BCUT2D eigenvalue weighted by atomic mass is 9.82. The molecule has 124 valence electrons. The van der Waals surface area contributed by atoms with E-state index >= 15 is 0 Å². The van der Waals surface area contributed by atoms with Crippen LogP contribution in [0.3, 0.4) is 0 Å². The van der Waals surface area contributed by atoms with Crippen molar-refractivity contribution in [1.29, 1.82) is 0 Å². The molecule has 2 bridgehead atoms. The van der Waals surface area contributed by atoms with Gasteiger partial charge in [0, 0.05) is 12.5 Å². The Morgan fingerprint density at radius 1 is 1.27 bits per heavy atom. The smallest absolute Gasteiger partial charge is 0.407 e. The van der Waals surface area contributed by atoms with E-state index in [0.717, 1.165) is 12.8 Å². The molecular formula is C17H27NO4. The number of nitrogens with one attached hydrogen (secondary N) is 1. The summed E-state index contributed by atoms with van der Waals surface area (Å²) in [6, 6.07) is 0.237. The largest absolute Gasteiger partial charge is 0.481 e. The number of aliphatic carboxylic acids is 1. The lowest BCUT2D eigenvalue weighted by Gasteiger charge is -2.30. The monoisotopic (exact) mass is 309 g/mol. The minimum atomic E-state index is -0.736. The number of rotatable bonds is 8. The van der Waals surface area contributed by atoms with Gasteiger partial charge in [-0.1, -0.05) is 12.2 Å². The number of carbonyl (C=O) groups is 2. The van der Waals surface area contributed by atoms with Crippen LogP contribution in [0, 0.1) is 17.8 Å². The average Bonchev–Trinajstić information content (AvgIpc) is 3.05. The zero-order chi connectivity index (χ0) is 15.9. The number of fused-ring (bicyclic) bond motifs is 2. The van der Waals surface area contributed by atoms with Crippen LogP contribution in [0.1, 0.15) is 51.9 Å². The van der Waals surface area contributed by atoms with Crippen molar-refractivity contribution in [2.75, 3.05) is 6.61 Å². The van der Waals surface area contributed by atoms with E-state index in [1.165, 1.54) is 19.3 Å². The number of carboxylic acids is 1. The summed E-state index contributed by atoms with van der Waals surface area (Å²) in [4.78, 5) is 22.1. The van der Waals surface area contributed by atoms with Gasteiger partial charge in [0.2, 0.25) is 0 Å². The molecule has 0 aliphatic heterocycles. The second kappa shape index (κ2) is 8.20. The molecule has 5 nitrogen and oxygen atoms in total. The van der Waals surface area contributed by atoms with E-state index in [9.17, 15) is 9.59 Å². The number of hydrogen-bond acceptors (Lipinski definition) is 3. The van der Waals surface area contributed by atoms with Crippen molar-refractivity contribution < 1.29 is 19.4 Å². The van der Waals surface area contributed by atoms with Gasteiger partial charge in [-0.2, -0.15) is 0 Å². The molecule has 0 aromatic heterocycles. The molecule has 0 radical (unpaired) electrons. The van der Waals surface area contributed by atoms with Crippen LogP contribution >= 0.6 is 0 Å². The van der Waals surface area contributed by atoms with E-state index < -0.39 is 5.97 Å². The fourth-order valence-corrected chi connectivity index (χ4v) is 4.03. The molecule has 0 aromatic rings. The standard InChI is InChI=1S/C17H27NO4/c1-2-22-17(21)18-16-13-10-9-12(11-13)14(16)7-5-3-4-6-8-15(19)20/h3,5,12-14,16H,2,4,6-11H2,1H3,(H,18,21)(H,19,20)/b5-3-/t12-,13+,14+,16+/m1/s1. The van der Waals surface area contributed by atoms with Gasteiger partial charge >= 0.3 is 12.1 Å². The Hall–Kier alpha value is -1.52. The topological polar surface area (TPSA) is 75.6 Å². The quantitative estimate of drug-likeness (QED) is 0.532. The van der Waals surface area contributed by atoms with Crippen molar-refractivity contribution >= 4 is 12.1 Å². The van der Waals surface area contributed by atoms with Crippen LogP contribution in [0.4, 0.5) is 4.79 Å². The predicted octanol–water partition coefficient (Wildman–Crippen LogP) is 3.35. The number of carbonyl (C=O) groups excluding carboxylic acids is 1. The van der Waals surface area contributed by atoms with Crippen molar-refractivity contribution in [2.45, 2.75) is 57.9 Å². The van der Waals surface area contributed by atoms with E-state index in [-0.39, 0.29) is 18.6 Å². The van der Waals surface area contributed by atoms with Gasteiger partial charge in [-0.25, -0.2) is 4.79 Å². The molecule has 0 heterocycles. The Balaban J connectivity index is 1.78. The van der Waals surface area contributed by atoms with Gasteiger partial charge in [0.1, 0.15) is 0 Å². The van der Waals surface area contributed by atoms with Gasteiger partial charge in [0.15, 0.2) is 0 Å². The first kappa shape index (κ1) is 16.8. The first-order valence-corrected chi connectivity index (χ1v) is 8.42. The molecule has 0 saturated heterocycles. The molecule has 22 heavy (non-hydrogen) atoms. The molecule has 2 fully saturated rings. The number of hydrogen-bond donors (Lipinski definition) is 2. The van der Waals surface area contributed by atoms with Crippen molar-refractivity contribution in [1.82, 2.24) is 5.32 Å². The number of unbranched alkanes of at least 4 members (excludes halogenated alkanes) is 1. The molecule has 1 amide bonds. The summed E-state index contributed by atoms with van der Waals surface area (Å²) in [7, 11) is 0. The minimum Gasteiger partial charge on any atom is -0.481 e. The highest BCUT2D eigenvalue weighted by Gasteiger charge is 2.47. The third-order valence-corrected chi connectivity index (χ3v) is 4.98. The number of allylic oxidation sites excluding steroid dienone is 2. The average molecular weight is 309 g/mol. The lowest BCUT2D eigenvalue weighted by Crippen LogP contribution is -2.44. The Bertz CT molecular complexity index is 421. The molecule has 2 aliphatic carbocycles. The third kappa shape index (κ3) is 4.49. The van der Waals surface area contributed by atoms with Crippen molar-refractivity contribution in [3.8, 4) is 0 Å². The summed E-state index contributed by atoms with van der Waals surface area (Å²) in [6.45, 7) is 2.22. The summed E-state index contributed by atoms with van der Waals surface area (Å²) in [5.41, 5.74) is 0. The van der Waals surface area contributed by atoms with Crippen LogP contribution < -0.4 is 5.32 Å². The normalized spacial score (nSPS) is 29.9. The third-order valence-electron chi connectivity index (χ3n) is 4.98. The van der Waals surface area contributed by atoms with Gasteiger partial charge in [-0.3, -0.25) is 4.79 Å². The highest BCUT2D eigenvalue weighted by atomic mass is 16.5. The van der Waals surface area contributed by atoms with Crippen molar-refractivity contribution in [2.24, 2.45) is 17.8 Å². The van der Waals surface area contributed by atoms with Gasteiger partial charge in [-0.15, -0.1) is 0 Å². The van der Waals surface area contributed by atoms with E-state index in [0.29, 0.717) is 30.8 Å². The van der Waals surface area contributed by atoms with Gasteiger partial charge in [0.25, 0.3) is 0 Å². The Morgan fingerprint density at radius 2 is 2.05 bits per heavy atom. The van der Waals surface area contributed by atoms with E-state index in [2.05, 4.69) is 17.5 Å². The van der Waals surface area contributed by atoms with Crippen LogP contribution in [0.15, 0.2) is 12.2 Å². The van der Waals surface area contributed by atoms with Crippen molar-refractivity contribution in [3.63, 3.8) is 0 Å². The van der Waals surface area contributed by atoms with Crippen LogP contribution in [-0.4, -0.2) is 29.8 Å². The minimum absolute atomic E-state index is 0.228. The zero-order valence-electron chi connectivity index (χ0n) is 13.3. The maximum absolute atomic E-state index is 11.7. The SMILES string of the molecule is CCOC(=O)N[C@H]1[C@H]2CC[C@H](C2)[C@@H]1C/C=C\CCCC(=O)O. The van der Waals surface area contributed by atoms with E-state index in [1.807, 2.05) is 6.92 Å². The van der Waals surface area contributed by atoms with Gasteiger partial charge < -0.3 is 15.2 Å². The molecule has 2 aliphatic rings. The summed E-state index contributed by atoms with van der Waals surface area (Å²) in [6.07, 6.45) is 10.3. The molecule has 0 unspecified atom stereocenters. The van der Waals surface area contributed by atoms with Crippen LogP contribution in [0.2, 0.25) is 0 Å². The first-order chi connectivity index (χ1) is 10.6. The molecule has 4 atom stereocenters. The lowest BCUT2D eigenvalue weighted by molar-refractivity contribution is -0.137. The molecule has 2 N–H and O–H groups in total. The van der Waals surface area contributed by atoms with Gasteiger partial charge in [0.05, 0.1) is 6.61 Å².